The van der Waals surface area contributed by atoms with E-state index in [4.69, 9.17) is 10.5 Å². The molecule has 0 saturated carbocycles. The average molecular weight is 369 g/mol. The van der Waals surface area contributed by atoms with E-state index in [-0.39, 0.29) is 6.54 Å². The molecule has 0 aromatic heterocycles. The summed E-state index contributed by atoms with van der Waals surface area (Å²) < 4.78 is 6.95. The minimum Gasteiger partial charge on any atom is -0.482 e. The molecule has 2 aromatic carbocycles. The fraction of sp³-hybridized carbons (Fsp3) is 0.200. The van der Waals surface area contributed by atoms with Crippen molar-refractivity contribution in [1.82, 2.24) is 0 Å². The van der Waals surface area contributed by atoms with Gasteiger partial charge in [0.15, 0.2) is 6.10 Å². The van der Waals surface area contributed by atoms with Crippen molar-refractivity contribution in [2.45, 2.75) is 12.2 Å². The van der Waals surface area contributed by atoms with Crippen molar-refractivity contribution >= 4 is 22.6 Å². The van der Waals surface area contributed by atoms with Gasteiger partial charge in [-0.05, 0) is 40.3 Å². The van der Waals surface area contributed by atoms with Crippen LogP contribution in [-0.2, 0) is 0 Å². The van der Waals surface area contributed by atoms with Crippen LogP contribution in [0.15, 0.2) is 54.6 Å². The van der Waals surface area contributed by atoms with Gasteiger partial charge in [-0.1, -0.05) is 42.5 Å². The SMILES string of the molecule is NC[C@@H](O)[C@H](Oc1ccccc1I)c1ccccc1. The summed E-state index contributed by atoms with van der Waals surface area (Å²) in [5.41, 5.74) is 6.49. The first-order valence-electron chi connectivity index (χ1n) is 6.06. The maximum Gasteiger partial charge on any atom is 0.151 e. The number of halogens is 1. The van der Waals surface area contributed by atoms with Crippen molar-refractivity contribution in [3.05, 3.63) is 63.7 Å². The van der Waals surface area contributed by atoms with E-state index in [0.29, 0.717) is 0 Å². The fourth-order valence-electron chi connectivity index (χ4n) is 1.81. The molecule has 2 rings (SSSR count). The lowest BCUT2D eigenvalue weighted by Crippen LogP contribution is -2.31. The van der Waals surface area contributed by atoms with Gasteiger partial charge in [0.1, 0.15) is 11.9 Å². The van der Waals surface area contributed by atoms with Crippen LogP contribution in [0.1, 0.15) is 11.7 Å². The number of rotatable bonds is 5. The number of para-hydroxylation sites is 1. The van der Waals surface area contributed by atoms with E-state index in [1.54, 1.807) is 0 Å². The topological polar surface area (TPSA) is 55.5 Å². The van der Waals surface area contributed by atoms with Gasteiger partial charge in [-0.25, -0.2) is 0 Å². The minimum atomic E-state index is -0.738. The number of hydrogen-bond donors (Lipinski definition) is 2. The molecule has 100 valence electrons. The van der Waals surface area contributed by atoms with Gasteiger partial charge in [0.05, 0.1) is 3.57 Å². The van der Waals surface area contributed by atoms with Crippen molar-refractivity contribution in [2.24, 2.45) is 5.73 Å². The molecule has 0 saturated heterocycles. The Labute approximate surface area is 126 Å². The Morgan fingerprint density at radius 2 is 1.68 bits per heavy atom. The van der Waals surface area contributed by atoms with Gasteiger partial charge in [0.25, 0.3) is 0 Å². The molecule has 3 nitrogen and oxygen atoms in total. The summed E-state index contributed by atoms with van der Waals surface area (Å²) in [5, 5.41) is 10.1. The first-order valence-corrected chi connectivity index (χ1v) is 7.14. The van der Waals surface area contributed by atoms with Crippen LogP contribution in [0.4, 0.5) is 0 Å². The zero-order valence-electron chi connectivity index (χ0n) is 10.4. The van der Waals surface area contributed by atoms with Gasteiger partial charge in [-0.2, -0.15) is 0 Å². The van der Waals surface area contributed by atoms with Crippen molar-refractivity contribution < 1.29 is 9.84 Å². The molecular weight excluding hydrogens is 353 g/mol. The van der Waals surface area contributed by atoms with Gasteiger partial charge >= 0.3 is 0 Å². The molecule has 0 aliphatic carbocycles. The lowest BCUT2D eigenvalue weighted by Gasteiger charge is -2.24. The van der Waals surface area contributed by atoms with Crippen LogP contribution in [0.3, 0.4) is 0 Å². The Morgan fingerprint density at radius 3 is 2.32 bits per heavy atom. The molecule has 0 aliphatic heterocycles. The van der Waals surface area contributed by atoms with E-state index in [1.165, 1.54) is 0 Å². The highest BCUT2D eigenvalue weighted by Crippen LogP contribution is 2.28. The first-order chi connectivity index (χ1) is 9.22. The molecule has 0 spiro atoms. The van der Waals surface area contributed by atoms with Crippen LogP contribution in [0.5, 0.6) is 5.75 Å². The van der Waals surface area contributed by atoms with Crippen LogP contribution in [0.25, 0.3) is 0 Å². The standard InChI is InChI=1S/C15H16INO2/c16-12-8-4-5-9-14(12)19-15(13(18)10-17)11-6-2-1-3-7-11/h1-9,13,15,18H,10,17H2/t13-,15-/m1/s1. The van der Waals surface area contributed by atoms with Crippen molar-refractivity contribution in [2.75, 3.05) is 6.54 Å². The Hall–Kier alpha value is -1.11. The largest absolute Gasteiger partial charge is 0.482 e. The molecule has 0 unspecified atom stereocenters. The molecule has 2 atom stereocenters. The number of aliphatic hydroxyl groups is 1. The van der Waals surface area contributed by atoms with Gasteiger partial charge in [-0.3, -0.25) is 0 Å². The Morgan fingerprint density at radius 1 is 1.05 bits per heavy atom. The van der Waals surface area contributed by atoms with Gasteiger partial charge < -0.3 is 15.6 Å². The van der Waals surface area contributed by atoms with Crippen molar-refractivity contribution in [3.63, 3.8) is 0 Å². The van der Waals surface area contributed by atoms with E-state index in [1.807, 2.05) is 54.6 Å². The quantitative estimate of drug-likeness (QED) is 0.797. The highest BCUT2D eigenvalue weighted by Gasteiger charge is 2.22. The number of hydrogen-bond acceptors (Lipinski definition) is 3. The molecule has 4 heteroatoms. The summed E-state index contributed by atoms with van der Waals surface area (Å²) >= 11 is 2.21. The highest BCUT2D eigenvalue weighted by atomic mass is 127. The average Bonchev–Trinajstić information content (AvgIpc) is 2.46. The number of ether oxygens (including phenoxy) is 1. The van der Waals surface area contributed by atoms with Crippen LogP contribution in [-0.4, -0.2) is 17.8 Å². The summed E-state index contributed by atoms with van der Waals surface area (Å²) in [7, 11) is 0. The first kappa shape index (κ1) is 14.3. The predicted octanol–water partition coefficient (Wildman–Crippen LogP) is 2.73. The molecule has 0 fully saturated rings. The summed E-state index contributed by atoms with van der Waals surface area (Å²) in [6.07, 6.45) is -1.19. The summed E-state index contributed by atoms with van der Waals surface area (Å²) in [6.45, 7) is 0.156. The summed E-state index contributed by atoms with van der Waals surface area (Å²) in [5.74, 6) is 0.754. The van der Waals surface area contributed by atoms with E-state index in [9.17, 15) is 5.11 Å². The third-order valence-electron chi connectivity index (χ3n) is 2.81. The minimum absolute atomic E-state index is 0.156. The second kappa shape index (κ2) is 6.88. The molecule has 19 heavy (non-hydrogen) atoms. The molecule has 3 N–H and O–H groups in total. The third kappa shape index (κ3) is 3.68. The lowest BCUT2D eigenvalue weighted by molar-refractivity contribution is 0.0408. The molecule has 0 radical (unpaired) electrons. The van der Waals surface area contributed by atoms with E-state index < -0.39 is 12.2 Å². The van der Waals surface area contributed by atoms with Crippen LogP contribution >= 0.6 is 22.6 Å². The Balaban J connectivity index is 2.27. The van der Waals surface area contributed by atoms with Gasteiger partial charge in [0, 0.05) is 6.54 Å². The van der Waals surface area contributed by atoms with E-state index in [2.05, 4.69) is 22.6 Å². The smallest absolute Gasteiger partial charge is 0.151 e. The molecule has 0 aliphatic rings. The molecule has 0 amide bonds. The van der Waals surface area contributed by atoms with E-state index in [0.717, 1.165) is 14.9 Å². The van der Waals surface area contributed by atoms with Gasteiger partial charge in [0.2, 0.25) is 0 Å². The summed E-state index contributed by atoms with van der Waals surface area (Å²) in [6, 6.07) is 17.4. The van der Waals surface area contributed by atoms with E-state index >= 15 is 0 Å². The van der Waals surface area contributed by atoms with Crippen molar-refractivity contribution in [3.8, 4) is 5.75 Å². The number of aliphatic hydroxyl groups excluding tert-OH is 1. The second-order valence-electron chi connectivity index (χ2n) is 4.18. The fourth-order valence-corrected chi connectivity index (χ4v) is 2.33. The lowest BCUT2D eigenvalue weighted by atomic mass is 10.0. The van der Waals surface area contributed by atoms with Crippen LogP contribution < -0.4 is 10.5 Å². The zero-order chi connectivity index (χ0) is 13.7. The monoisotopic (exact) mass is 369 g/mol. The molecule has 2 aromatic rings. The summed E-state index contributed by atoms with van der Waals surface area (Å²) in [4.78, 5) is 0. The number of benzene rings is 2. The maximum absolute atomic E-state index is 10.1. The zero-order valence-corrected chi connectivity index (χ0v) is 12.5. The highest BCUT2D eigenvalue weighted by molar-refractivity contribution is 14.1. The maximum atomic E-state index is 10.1. The van der Waals surface area contributed by atoms with Crippen LogP contribution in [0.2, 0.25) is 0 Å². The molecule has 0 heterocycles. The molecule has 0 bridgehead atoms. The normalized spacial score (nSPS) is 13.8. The van der Waals surface area contributed by atoms with Gasteiger partial charge in [-0.15, -0.1) is 0 Å². The van der Waals surface area contributed by atoms with Crippen LogP contribution in [0, 0.1) is 3.57 Å². The Kier molecular flexibility index (Phi) is 5.18. The predicted molar refractivity (Wildman–Crippen MR) is 84.0 cm³/mol. The Bertz CT molecular complexity index is 519. The second-order valence-corrected chi connectivity index (χ2v) is 5.34. The molecular formula is C15H16INO2. The third-order valence-corrected chi connectivity index (χ3v) is 3.70. The number of nitrogens with two attached hydrogens (primary N) is 1. The van der Waals surface area contributed by atoms with Crippen molar-refractivity contribution in [1.29, 1.82) is 0 Å².